The largest absolute Gasteiger partial charge is 0.350 e. The molecule has 0 aromatic heterocycles. The van der Waals surface area contributed by atoms with Gasteiger partial charge in [-0.2, -0.15) is 0 Å². The first-order valence-corrected chi connectivity index (χ1v) is 10.0. The quantitative estimate of drug-likeness (QED) is 0.765. The van der Waals surface area contributed by atoms with Gasteiger partial charge in [0.1, 0.15) is 0 Å². The molecule has 0 saturated carbocycles. The van der Waals surface area contributed by atoms with Crippen molar-refractivity contribution >= 4 is 28.8 Å². The van der Waals surface area contributed by atoms with E-state index >= 15 is 0 Å². The number of piperazine rings is 1. The number of allylic oxidation sites excluding steroid dienone is 3. The van der Waals surface area contributed by atoms with Gasteiger partial charge in [-0.25, -0.2) is 0 Å². The SMILES string of the molecule is C=C1C(/C=C(\C)CN2CCNCC2)=C(C)C(c2ccc(Cl)c(Cl)c2)=CN1C. The molecule has 1 N–H and O–H groups in total. The number of rotatable bonds is 4. The zero-order valence-corrected chi connectivity index (χ0v) is 17.8. The summed E-state index contributed by atoms with van der Waals surface area (Å²) in [7, 11) is 2.03. The van der Waals surface area contributed by atoms with Crippen molar-refractivity contribution in [2.75, 3.05) is 39.8 Å². The fourth-order valence-electron chi connectivity index (χ4n) is 3.58. The Morgan fingerprint density at radius 1 is 1.22 bits per heavy atom. The Bertz CT molecular complexity index is 830. The van der Waals surface area contributed by atoms with Crippen LogP contribution in [0.5, 0.6) is 0 Å². The molecule has 5 heteroatoms. The van der Waals surface area contributed by atoms with Crippen LogP contribution in [-0.4, -0.2) is 49.6 Å². The summed E-state index contributed by atoms with van der Waals surface area (Å²) in [4.78, 5) is 4.57. The monoisotopic (exact) mass is 403 g/mol. The molecule has 0 atom stereocenters. The average molecular weight is 404 g/mol. The molecule has 2 heterocycles. The van der Waals surface area contributed by atoms with E-state index in [4.69, 9.17) is 23.2 Å². The van der Waals surface area contributed by atoms with Gasteiger partial charge in [0, 0.05) is 62.8 Å². The molecule has 3 nitrogen and oxygen atoms in total. The maximum atomic E-state index is 6.25. The van der Waals surface area contributed by atoms with Gasteiger partial charge in [0.25, 0.3) is 0 Å². The lowest BCUT2D eigenvalue weighted by Gasteiger charge is -2.30. The minimum atomic E-state index is 0.571. The Labute approximate surface area is 172 Å². The molecule has 0 aliphatic carbocycles. The van der Waals surface area contributed by atoms with Gasteiger partial charge in [-0.05, 0) is 37.1 Å². The summed E-state index contributed by atoms with van der Waals surface area (Å²) in [6.07, 6.45) is 4.39. The molecule has 0 amide bonds. The molecule has 2 aliphatic rings. The van der Waals surface area contributed by atoms with E-state index in [0.717, 1.165) is 49.6 Å². The number of hydrogen-bond acceptors (Lipinski definition) is 3. The molecule has 3 rings (SSSR count). The summed E-state index contributed by atoms with van der Waals surface area (Å²) >= 11 is 12.3. The number of halogens is 2. The standard InChI is InChI=1S/C22H27Cl2N3/c1-15(13-27-9-7-25-8-10-27)11-19-16(2)20(14-26(4)17(19)3)18-5-6-21(23)22(24)12-18/h5-6,11-12,14,25H,3,7-10,13H2,1-2,4H3/b15-11+. The molecule has 27 heavy (non-hydrogen) atoms. The van der Waals surface area contributed by atoms with E-state index in [1.165, 1.54) is 16.7 Å². The van der Waals surface area contributed by atoms with Gasteiger partial charge in [0.05, 0.1) is 10.0 Å². The van der Waals surface area contributed by atoms with Crippen LogP contribution < -0.4 is 5.32 Å². The van der Waals surface area contributed by atoms with E-state index in [1.54, 1.807) is 0 Å². The number of benzene rings is 1. The first-order chi connectivity index (χ1) is 12.9. The highest BCUT2D eigenvalue weighted by Crippen LogP contribution is 2.37. The van der Waals surface area contributed by atoms with Gasteiger partial charge in [0.2, 0.25) is 0 Å². The highest BCUT2D eigenvalue weighted by molar-refractivity contribution is 6.42. The lowest BCUT2D eigenvalue weighted by atomic mass is 9.90. The topological polar surface area (TPSA) is 18.5 Å². The van der Waals surface area contributed by atoms with Gasteiger partial charge in [-0.3, -0.25) is 4.90 Å². The Morgan fingerprint density at radius 2 is 1.93 bits per heavy atom. The highest BCUT2D eigenvalue weighted by atomic mass is 35.5. The fourth-order valence-corrected chi connectivity index (χ4v) is 3.88. The highest BCUT2D eigenvalue weighted by Gasteiger charge is 2.20. The van der Waals surface area contributed by atoms with Crippen LogP contribution in [0.4, 0.5) is 0 Å². The zero-order valence-electron chi connectivity index (χ0n) is 16.3. The predicted molar refractivity (Wildman–Crippen MR) is 117 cm³/mol. The molecule has 0 bridgehead atoms. The van der Waals surface area contributed by atoms with Gasteiger partial charge in [0.15, 0.2) is 0 Å². The minimum Gasteiger partial charge on any atom is -0.350 e. The Balaban J connectivity index is 1.91. The normalized spacial score (nSPS) is 19.6. The second-order valence-corrected chi connectivity index (χ2v) is 8.10. The van der Waals surface area contributed by atoms with Crippen molar-refractivity contribution in [3.8, 4) is 0 Å². The molecular weight excluding hydrogens is 377 g/mol. The maximum absolute atomic E-state index is 6.25. The van der Waals surface area contributed by atoms with E-state index in [9.17, 15) is 0 Å². The molecule has 1 aromatic rings. The van der Waals surface area contributed by atoms with Crippen molar-refractivity contribution in [1.82, 2.24) is 15.1 Å². The Kier molecular flexibility index (Phi) is 6.48. The summed E-state index contributed by atoms with van der Waals surface area (Å²) < 4.78 is 0. The average Bonchev–Trinajstić information content (AvgIpc) is 2.65. The second kappa shape index (κ2) is 8.66. The molecule has 0 radical (unpaired) electrons. The van der Waals surface area contributed by atoms with Crippen molar-refractivity contribution in [3.05, 3.63) is 75.1 Å². The van der Waals surface area contributed by atoms with E-state index in [1.807, 2.05) is 25.2 Å². The van der Waals surface area contributed by atoms with Crippen LogP contribution in [-0.2, 0) is 0 Å². The van der Waals surface area contributed by atoms with E-state index in [2.05, 4.69) is 47.8 Å². The van der Waals surface area contributed by atoms with Crippen LogP contribution in [0.2, 0.25) is 10.0 Å². The van der Waals surface area contributed by atoms with Gasteiger partial charge >= 0.3 is 0 Å². The van der Waals surface area contributed by atoms with Crippen molar-refractivity contribution in [2.45, 2.75) is 13.8 Å². The zero-order chi connectivity index (χ0) is 19.6. The summed E-state index contributed by atoms with van der Waals surface area (Å²) in [5.74, 6) is 0. The maximum Gasteiger partial charge on any atom is 0.0598 e. The number of nitrogens with zero attached hydrogens (tertiary/aromatic N) is 2. The first-order valence-electron chi connectivity index (χ1n) is 9.27. The molecule has 0 unspecified atom stereocenters. The van der Waals surface area contributed by atoms with Crippen molar-refractivity contribution in [2.24, 2.45) is 0 Å². The van der Waals surface area contributed by atoms with Gasteiger partial charge in [-0.15, -0.1) is 0 Å². The number of hydrogen-bond donors (Lipinski definition) is 1. The lowest BCUT2D eigenvalue weighted by Crippen LogP contribution is -2.44. The molecule has 1 fully saturated rings. The third-order valence-corrected chi connectivity index (χ3v) is 5.91. The fraction of sp³-hybridized carbons (Fsp3) is 0.364. The van der Waals surface area contributed by atoms with Crippen LogP contribution in [0, 0.1) is 0 Å². The lowest BCUT2D eigenvalue weighted by molar-refractivity contribution is 0.259. The smallest absolute Gasteiger partial charge is 0.0598 e. The van der Waals surface area contributed by atoms with Gasteiger partial charge < -0.3 is 10.2 Å². The summed E-state index contributed by atoms with van der Waals surface area (Å²) in [5, 5.41) is 4.55. The van der Waals surface area contributed by atoms with E-state index in [-0.39, 0.29) is 0 Å². The second-order valence-electron chi connectivity index (χ2n) is 7.28. The van der Waals surface area contributed by atoms with E-state index < -0.39 is 0 Å². The molecule has 1 aromatic carbocycles. The molecule has 2 aliphatic heterocycles. The predicted octanol–water partition coefficient (Wildman–Crippen LogP) is 4.96. The van der Waals surface area contributed by atoms with Crippen LogP contribution in [0.1, 0.15) is 19.4 Å². The molecule has 144 valence electrons. The van der Waals surface area contributed by atoms with Crippen molar-refractivity contribution in [1.29, 1.82) is 0 Å². The van der Waals surface area contributed by atoms with Crippen molar-refractivity contribution < 1.29 is 0 Å². The summed E-state index contributed by atoms with van der Waals surface area (Å²) in [5.41, 5.74) is 6.94. The van der Waals surface area contributed by atoms with Crippen molar-refractivity contribution in [3.63, 3.8) is 0 Å². The summed E-state index contributed by atoms with van der Waals surface area (Å²) in [6.45, 7) is 14.0. The van der Waals surface area contributed by atoms with E-state index in [0.29, 0.717) is 10.0 Å². The third-order valence-electron chi connectivity index (χ3n) is 5.17. The molecule has 1 saturated heterocycles. The first kappa shape index (κ1) is 20.2. The van der Waals surface area contributed by atoms with Gasteiger partial charge in [-0.1, -0.05) is 47.5 Å². The molecular formula is C22H27Cl2N3. The van der Waals surface area contributed by atoms with Crippen LogP contribution >= 0.6 is 23.2 Å². The Morgan fingerprint density at radius 3 is 2.59 bits per heavy atom. The van der Waals surface area contributed by atoms with Crippen LogP contribution in [0.3, 0.4) is 0 Å². The third kappa shape index (κ3) is 4.67. The van der Waals surface area contributed by atoms with Crippen LogP contribution in [0.25, 0.3) is 5.57 Å². The summed E-state index contributed by atoms with van der Waals surface area (Å²) in [6, 6.07) is 5.79. The molecule has 0 spiro atoms. The minimum absolute atomic E-state index is 0.571. The number of nitrogens with one attached hydrogen (secondary N) is 1. The number of likely N-dealkylation sites (N-methyl/N-ethyl adjacent to an activating group) is 1. The van der Waals surface area contributed by atoms with Crippen LogP contribution in [0.15, 0.2) is 59.5 Å². The Hall–Kier alpha value is -1.52.